The van der Waals surface area contributed by atoms with Crippen LogP contribution in [0.2, 0.25) is 0 Å². The second-order valence-electron chi connectivity index (χ2n) is 6.39. The van der Waals surface area contributed by atoms with Gasteiger partial charge in [-0.05, 0) is 36.8 Å². The molecule has 26 heavy (non-hydrogen) atoms. The number of hydrogen-bond acceptors (Lipinski definition) is 4. The van der Waals surface area contributed by atoms with Crippen molar-refractivity contribution in [2.24, 2.45) is 0 Å². The summed E-state index contributed by atoms with van der Waals surface area (Å²) in [4.78, 5) is 17.9. The molecule has 1 aliphatic rings. The molecule has 132 valence electrons. The van der Waals surface area contributed by atoms with Gasteiger partial charge >= 0.3 is 5.97 Å². The van der Waals surface area contributed by atoms with Crippen molar-refractivity contribution in [3.63, 3.8) is 0 Å². The Morgan fingerprint density at radius 1 is 1.19 bits per heavy atom. The Labute approximate surface area is 149 Å². The molecule has 1 aliphatic heterocycles. The van der Waals surface area contributed by atoms with E-state index in [0.717, 1.165) is 22.5 Å². The van der Waals surface area contributed by atoms with Crippen LogP contribution in [-0.2, 0) is 19.6 Å². The van der Waals surface area contributed by atoms with E-state index < -0.39 is 5.97 Å². The lowest BCUT2D eigenvalue weighted by atomic mass is 10.2. The predicted molar refractivity (Wildman–Crippen MR) is 93.5 cm³/mol. The lowest BCUT2D eigenvalue weighted by Gasteiger charge is -2.19. The SMILES string of the molecule is Cc1ccc(C(=O)O)c(N2Cc3cnn(Cc4ccc(F)cc4)c3C2)n1. The first-order valence-corrected chi connectivity index (χ1v) is 8.25. The van der Waals surface area contributed by atoms with Gasteiger partial charge in [0.25, 0.3) is 0 Å². The van der Waals surface area contributed by atoms with Crippen LogP contribution < -0.4 is 4.90 Å². The summed E-state index contributed by atoms with van der Waals surface area (Å²) < 4.78 is 14.9. The highest BCUT2D eigenvalue weighted by atomic mass is 19.1. The number of carbonyl (C=O) groups is 1. The van der Waals surface area contributed by atoms with Gasteiger partial charge in [0, 0.05) is 17.8 Å². The molecular weight excluding hydrogens is 335 g/mol. The third-order valence-corrected chi connectivity index (χ3v) is 4.53. The van der Waals surface area contributed by atoms with E-state index >= 15 is 0 Å². The zero-order chi connectivity index (χ0) is 18.3. The van der Waals surface area contributed by atoms with Crippen LogP contribution in [0.25, 0.3) is 0 Å². The average Bonchev–Trinajstić information content (AvgIpc) is 3.18. The van der Waals surface area contributed by atoms with Gasteiger partial charge in [-0.3, -0.25) is 4.68 Å². The number of benzene rings is 1. The number of anilines is 1. The lowest BCUT2D eigenvalue weighted by Crippen LogP contribution is -2.21. The number of pyridine rings is 1. The van der Waals surface area contributed by atoms with Crippen molar-refractivity contribution in [2.45, 2.75) is 26.6 Å². The molecule has 0 bridgehead atoms. The van der Waals surface area contributed by atoms with Crippen molar-refractivity contribution >= 4 is 11.8 Å². The molecule has 4 rings (SSSR count). The number of carboxylic acid groups (broad SMARTS) is 1. The smallest absolute Gasteiger partial charge is 0.339 e. The summed E-state index contributed by atoms with van der Waals surface area (Å²) in [6.45, 7) is 3.48. The molecule has 1 N–H and O–H groups in total. The number of nitrogens with zero attached hydrogens (tertiary/aromatic N) is 4. The zero-order valence-corrected chi connectivity index (χ0v) is 14.2. The Kier molecular flexibility index (Phi) is 3.91. The minimum Gasteiger partial charge on any atom is -0.478 e. The summed E-state index contributed by atoms with van der Waals surface area (Å²) in [6.07, 6.45) is 1.80. The van der Waals surface area contributed by atoms with E-state index in [1.807, 2.05) is 16.5 Å². The number of rotatable bonds is 4. The number of aryl methyl sites for hydroxylation is 1. The molecule has 0 saturated heterocycles. The molecule has 3 aromatic rings. The number of halogens is 1. The standard InChI is InChI=1S/C19H17FN4O2/c1-12-2-7-16(19(25)26)18(22-12)23-10-14-8-21-24(17(14)11-23)9-13-3-5-15(20)6-4-13/h2-8H,9-11H2,1H3,(H,25,26). The van der Waals surface area contributed by atoms with Crippen LogP contribution >= 0.6 is 0 Å². The second-order valence-corrected chi connectivity index (χ2v) is 6.39. The van der Waals surface area contributed by atoms with E-state index in [2.05, 4.69) is 10.1 Å². The highest BCUT2D eigenvalue weighted by molar-refractivity contribution is 5.93. The molecule has 0 atom stereocenters. The van der Waals surface area contributed by atoms with Gasteiger partial charge in [0.15, 0.2) is 0 Å². The Hall–Kier alpha value is -3.22. The van der Waals surface area contributed by atoms with E-state index in [4.69, 9.17) is 0 Å². The normalized spacial score (nSPS) is 13.1. The van der Waals surface area contributed by atoms with Gasteiger partial charge in [0.1, 0.15) is 17.2 Å². The minimum absolute atomic E-state index is 0.193. The van der Waals surface area contributed by atoms with Gasteiger partial charge in [-0.25, -0.2) is 14.2 Å². The minimum atomic E-state index is -0.989. The van der Waals surface area contributed by atoms with E-state index in [1.165, 1.54) is 12.1 Å². The van der Waals surface area contributed by atoms with Crippen LogP contribution in [-0.4, -0.2) is 25.8 Å². The number of fused-ring (bicyclic) bond motifs is 1. The highest BCUT2D eigenvalue weighted by Gasteiger charge is 2.27. The fourth-order valence-corrected chi connectivity index (χ4v) is 3.21. The van der Waals surface area contributed by atoms with Crippen molar-refractivity contribution in [1.29, 1.82) is 0 Å². The maximum atomic E-state index is 13.1. The van der Waals surface area contributed by atoms with Gasteiger partial charge < -0.3 is 10.0 Å². The van der Waals surface area contributed by atoms with Crippen molar-refractivity contribution in [2.75, 3.05) is 4.90 Å². The predicted octanol–water partition coefficient (Wildman–Crippen LogP) is 2.99. The fourth-order valence-electron chi connectivity index (χ4n) is 3.21. The van der Waals surface area contributed by atoms with E-state index in [9.17, 15) is 14.3 Å². The van der Waals surface area contributed by atoms with Crippen molar-refractivity contribution in [1.82, 2.24) is 14.8 Å². The molecule has 0 fully saturated rings. The molecule has 0 unspecified atom stereocenters. The molecular formula is C19H17FN4O2. The molecule has 1 aromatic carbocycles. The lowest BCUT2D eigenvalue weighted by molar-refractivity contribution is 0.0697. The van der Waals surface area contributed by atoms with Gasteiger partial charge in [-0.15, -0.1) is 0 Å². The molecule has 0 aliphatic carbocycles. The Bertz CT molecular complexity index is 982. The second kappa shape index (κ2) is 6.25. The molecule has 7 heteroatoms. The Morgan fingerprint density at radius 3 is 2.69 bits per heavy atom. The van der Waals surface area contributed by atoms with Crippen LogP contribution in [0.1, 0.15) is 32.9 Å². The third-order valence-electron chi connectivity index (χ3n) is 4.53. The summed E-state index contributed by atoms with van der Waals surface area (Å²) >= 11 is 0. The largest absolute Gasteiger partial charge is 0.478 e. The van der Waals surface area contributed by atoms with Crippen LogP contribution in [0, 0.1) is 12.7 Å². The monoisotopic (exact) mass is 352 g/mol. The summed E-state index contributed by atoms with van der Waals surface area (Å²) in [5.74, 6) is -0.782. The molecule has 0 saturated carbocycles. The van der Waals surface area contributed by atoms with Crippen LogP contribution in [0.15, 0.2) is 42.6 Å². The van der Waals surface area contributed by atoms with E-state index in [0.29, 0.717) is 25.5 Å². The molecule has 0 spiro atoms. The summed E-state index contributed by atoms with van der Waals surface area (Å²) in [6, 6.07) is 9.63. The summed E-state index contributed by atoms with van der Waals surface area (Å²) in [5.41, 5.74) is 3.99. The van der Waals surface area contributed by atoms with Gasteiger partial charge in [0.05, 0.1) is 25.0 Å². The molecule has 0 amide bonds. The maximum absolute atomic E-state index is 13.1. The fraction of sp³-hybridized carbons (Fsp3) is 0.211. The van der Waals surface area contributed by atoms with Crippen LogP contribution in [0.3, 0.4) is 0 Å². The third kappa shape index (κ3) is 2.92. The average molecular weight is 352 g/mol. The summed E-state index contributed by atoms with van der Waals surface area (Å²) in [5, 5.41) is 13.9. The Balaban J connectivity index is 1.61. The van der Waals surface area contributed by atoms with E-state index in [-0.39, 0.29) is 11.4 Å². The van der Waals surface area contributed by atoms with Crippen LogP contribution in [0.4, 0.5) is 10.2 Å². The molecule has 2 aromatic heterocycles. The summed E-state index contributed by atoms with van der Waals surface area (Å²) in [7, 11) is 0. The number of hydrogen-bond donors (Lipinski definition) is 1. The molecule has 3 heterocycles. The topological polar surface area (TPSA) is 71.2 Å². The quantitative estimate of drug-likeness (QED) is 0.782. The maximum Gasteiger partial charge on any atom is 0.339 e. The van der Waals surface area contributed by atoms with Crippen molar-refractivity contribution in [3.05, 3.63) is 76.5 Å². The number of carboxylic acids is 1. The first-order valence-electron chi connectivity index (χ1n) is 8.25. The van der Waals surface area contributed by atoms with Gasteiger partial charge in [-0.1, -0.05) is 12.1 Å². The first-order chi connectivity index (χ1) is 12.5. The van der Waals surface area contributed by atoms with Gasteiger partial charge in [0.2, 0.25) is 0 Å². The molecule has 0 radical (unpaired) electrons. The first kappa shape index (κ1) is 16.3. The number of aromatic nitrogens is 3. The van der Waals surface area contributed by atoms with Crippen LogP contribution in [0.5, 0.6) is 0 Å². The van der Waals surface area contributed by atoms with Gasteiger partial charge in [-0.2, -0.15) is 5.10 Å². The van der Waals surface area contributed by atoms with E-state index in [1.54, 1.807) is 30.5 Å². The Morgan fingerprint density at radius 2 is 1.96 bits per heavy atom. The van der Waals surface area contributed by atoms with Crippen molar-refractivity contribution < 1.29 is 14.3 Å². The zero-order valence-electron chi connectivity index (χ0n) is 14.2. The molecule has 6 nitrogen and oxygen atoms in total. The highest BCUT2D eigenvalue weighted by Crippen LogP contribution is 2.30. The number of aromatic carboxylic acids is 1. The van der Waals surface area contributed by atoms with Crippen molar-refractivity contribution in [3.8, 4) is 0 Å².